The lowest BCUT2D eigenvalue weighted by atomic mass is 10.1. The van der Waals surface area contributed by atoms with Gasteiger partial charge in [0.15, 0.2) is 0 Å². The highest BCUT2D eigenvalue weighted by Crippen LogP contribution is 2.17. The average Bonchev–Trinajstić information content (AvgIpc) is 2.42. The summed E-state index contributed by atoms with van der Waals surface area (Å²) in [7, 11) is 1.59. The predicted molar refractivity (Wildman–Crippen MR) is 73.9 cm³/mol. The number of carbonyl (C=O) groups excluding carboxylic acids is 1. The Labute approximate surface area is 111 Å². The molecule has 0 atom stereocenters. The summed E-state index contributed by atoms with van der Waals surface area (Å²) >= 11 is 0. The first-order valence-corrected chi connectivity index (χ1v) is 5.87. The summed E-state index contributed by atoms with van der Waals surface area (Å²) in [5.41, 5.74) is 1.76. The summed E-state index contributed by atoms with van der Waals surface area (Å²) in [6, 6.07) is 9.52. The van der Waals surface area contributed by atoms with Crippen LogP contribution in [0.15, 0.2) is 30.3 Å². The van der Waals surface area contributed by atoms with E-state index in [2.05, 4.69) is 22.1 Å². The van der Waals surface area contributed by atoms with Gasteiger partial charge in [0.1, 0.15) is 0 Å². The van der Waals surface area contributed by atoms with Crippen LogP contribution in [0.1, 0.15) is 12.5 Å². The van der Waals surface area contributed by atoms with Gasteiger partial charge < -0.3 is 10.1 Å². The van der Waals surface area contributed by atoms with E-state index in [1.807, 2.05) is 30.3 Å². The topological polar surface area (TPSA) is 51.2 Å². The zero-order chi connectivity index (χ0) is 13.7. The highest BCUT2D eigenvalue weighted by molar-refractivity contribution is 5.80. The Morgan fingerprint density at radius 1 is 1.37 bits per heavy atom. The summed E-state index contributed by atoms with van der Waals surface area (Å²) in [6.45, 7) is 1.82. The molecular formula is C15H14N2O2. The molecule has 0 fully saturated rings. The van der Waals surface area contributed by atoms with Crippen LogP contribution in [0.3, 0.4) is 0 Å². The number of fused-ring (bicyclic) bond motifs is 1. The third-order valence-corrected chi connectivity index (χ3v) is 2.53. The molecule has 0 unspecified atom stereocenters. The molecule has 96 valence electrons. The number of methoxy groups -OCH3 is 1. The lowest BCUT2D eigenvalue weighted by Crippen LogP contribution is -2.19. The van der Waals surface area contributed by atoms with E-state index in [1.165, 1.54) is 6.92 Å². The minimum atomic E-state index is -0.0795. The van der Waals surface area contributed by atoms with Crippen LogP contribution in [0, 0.1) is 11.8 Å². The Kier molecular flexibility index (Phi) is 3.99. The maximum Gasteiger partial charge on any atom is 0.217 e. The first kappa shape index (κ1) is 12.9. The molecule has 2 aromatic rings. The van der Waals surface area contributed by atoms with E-state index in [1.54, 1.807) is 7.11 Å². The van der Waals surface area contributed by atoms with E-state index in [9.17, 15) is 4.79 Å². The third kappa shape index (κ3) is 3.46. The van der Waals surface area contributed by atoms with Crippen LogP contribution >= 0.6 is 0 Å². The van der Waals surface area contributed by atoms with Crippen LogP contribution in [-0.4, -0.2) is 24.5 Å². The molecule has 2 rings (SSSR count). The number of aromatic nitrogens is 1. The maximum absolute atomic E-state index is 10.7. The maximum atomic E-state index is 10.7. The normalized spacial score (nSPS) is 9.58. The van der Waals surface area contributed by atoms with Crippen molar-refractivity contribution in [1.29, 1.82) is 0 Å². The molecule has 19 heavy (non-hydrogen) atoms. The Morgan fingerprint density at radius 2 is 2.21 bits per heavy atom. The first-order valence-electron chi connectivity index (χ1n) is 5.87. The lowest BCUT2D eigenvalue weighted by molar-refractivity contribution is -0.118. The Bertz CT molecular complexity index is 669. The van der Waals surface area contributed by atoms with Gasteiger partial charge >= 0.3 is 0 Å². The second-order valence-electron chi connectivity index (χ2n) is 3.97. The minimum absolute atomic E-state index is 0.0795. The van der Waals surface area contributed by atoms with Crippen molar-refractivity contribution in [2.75, 3.05) is 13.7 Å². The van der Waals surface area contributed by atoms with Gasteiger partial charge in [-0.15, -0.1) is 0 Å². The van der Waals surface area contributed by atoms with Crippen molar-refractivity contribution < 1.29 is 9.53 Å². The number of amides is 1. The Hall–Kier alpha value is -2.54. The van der Waals surface area contributed by atoms with Crippen LogP contribution in [-0.2, 0) is 4.79 Å². The number of carbonyl (C=O) groups is 1. The number of benzene rings is 1. The molecule has 1 aromatic carbocycles. The molecule has 4 heteroatoms. The molecule has 0 bridgehead atoms. The van der Waals surface area contributed by atoms with Crippen LogP contribution in [0.4, 0.5) is 0 Å². The minimum Gasteiger partial charge on any atom is -0.481 e. The molecule has 1 aromatic heterocycles. The summed E-state index contributed by atoms with van der Waals surface area (Å²) in [6.07, 6.45) is 0. The van der Waals surface area contributed by atoms with E-state index < -0.39 is 0 Å². The predicted octanol–water partition coefficient (Wildman–Crippen LogP) is 1.73. The van der Waals surface area contributed by atoms with Gasteiger partial charge in [0, 0.05) is 23.9 Å². The zero-order valence-corrected chi connectivity index (χ0v) is 10.9. The standard InChI is InChI=1S/C15H14N2O2/c1-11(18)16-9-3-4-12-5-7-14-13(10-12)6-8-15(17-14)19-2/h5-8,10H,9H2,1-2H3,(H,16,18). The van der Waals surface area contributed by atoms with Gasteiger partial charge in [-0.25, -0.2) is 4.98 Å². The number of hydrogen-bond donors (Lipinski definition) is 1. The molecule has 0 saturated carbocycles. The fourth-order valence-electron chi connectivity index (χ4n) is 1.61. The van der Waals surface area contributed by atoms with E-state index in [4.69, 9.17) is 4.74 Å². The molecule has 1 amide bonds. The molecular weight excluding hydrogens is 240 g/mol. The molecule has 0 spiro atoms. The highest BCUT2D eigenvalue weighted by Gasteiger charge is 1.98. The van der Waals surface area contributed by atoms with Gasteiger partial charge in [-0.2, -0.15) is 0 Å². The SMILES string of the molecule is COc1ccc2cc(C#CCNC(C)=O)ccc2n1. The summed E-state index contributed by atoms with van der Waals surface area (Å²) in [5, 5.41) is 3.63. The second-order valence-corrected chi connectivity index (χ2v) is 3.97. The van der Waals surface area contributed by atoms with Crippen molar-refractivity contribution in [3.05, 3.63) is 35.9 Å². The van der Waals surface area contributed by atoms with Crippen molar-refractivity contribution in [3.63, 3.8) is 0 Å². The van der Waals surface area contributed by atoms with Gasteiger partial charge in [-0.3, -0.25) is 4.79 Å². The van der Waals surface area contributed by atoms with Crippen molar-refractivity contribution in [3.8, 4) is 17.7 Å². The Morgan fingerprint density at radius 3 is 2.95 bits per heavy atom. The smallest absolute Gasteiger partial charge is 0.217 e. The fraction of sp³-hybridized carbons (Fsp3) is 0.200. The fourth-order valence-corrected chi connectivity index (χ4v) is 1.61. The number of ether oxygens (including phenoxy) is 1. The largest absolute Gasteiger partial charge is 0.481 e. The quantitative estimate of drug-likeness (QED) is 0.830. The van der Waals surface area contributed by atoms with Crippen molar-refractivity contribution in [2.45, 2.75) is 6.92 Å². The van der Waals surface area contributed by atoms with Gasteiger partial charge in [0.2, 0.25) is 11.8 Å². The van der Waals surface area contributed by atoms with Crippen LogP contribution in [0.2, 0.25) is 0 Å². The van der Waals surface area contributed by atoms with Crippen LogP contribution in [0.5, 0.6) is 5.88 Å². The number of rotatable bonds is 2. The summed E-state index contributed by atoms with van der Waals surface area (Å²) in [4.78, 5) is 15.0. The third-order valence-electron chi connectivity index (χ3n) is 2.53. The average molecular weight is 254 g/mol. The van der Waals surface area contributed by atoms with E-state index in [0.29, 0.717) is 12.4 Å². The van der Waals surface area contributed by atoms with Crippen LogP contribution < -0.4 is 10.1 Å². The molecule has 0 aliphatic carbocycles. The van der Waals surface area contributed by atoms with E-state index in [-0.39, 0.29) is 5.91 Å². The Balaban J connectivity index is 2.19. The van der Waals surface area contributed by atoms with Crippen LogP contribution in [0.25, 0.3) is 10.9 Å². The van der Waals surface area contributed by atoms with Crippen molar-refractivity contribution in [2.24, 2.45) is 0 Å². The molecule has 0 aliphatic rings. The summed E-state index contributed by atoms with van der Waals surface area (Å²) in [5.74, 6) is 6.41. The molecule has 1 heterocycles. The highest BCUT2D eigenvalue weighted by atomic mass is 16.5. The molecule has 0 saturated heterocycles. The van der Waals surface area contributed by atoms with Crippen molar-refractivity contribution in [1.82, 2.24) is 10.3 Å². The second kappa shape index (κ2) is 5.87. The number of pyridine rings is 1. The molecule has 1 N–H and O–H groups in total. The number of nitrogens with zero attached hydrogens (tertiary/aromatic N) is 1. The van der Waals surface area contributed by atoms with Crippen molar-refractivity contribution >= 4 is 16.8 Å². The van der Waals surface area contributed by atoms with E-state index >= 15 is 0 Å². The number of hydrogen-bond acceptors (Lipinski definition) is 3. The zero-order valence-electron chi connectivity index (χ0n) is 10.9. The van der Waals surface area contributed by atoms with Gasteiger partial charge in [-0.1, -0.05) is 11.8 Å². The van der Waals surface area contributed by atoms with Gasteiger partial charge in [-0.05, 0) is 24.3 Å². The molecule has 0 radical (unpaired) electrons. The van der Waals surface area contributed by atoms with Gasteiger partial charge in [0.25, 0.3) is 0 Å². The number of nitrogens with one attached hydrogen (secondary N) is 1. The molecule has 0 aliphatic heterocycles. The molecule has 4 nitrogen and oxygen atoms in total. The first-order chi connectivity index (χ1) is 9.19. The van der Waals surface area contributed by atoms with Gasteiger partial charge in [0.05, 0.1) is 19.2 Å². The lowest BCUT2D eigenvalue weighted by Gasteiger charge is -2.01. The van der Waals surface area contributed by atoms with E-state index in [0.717, 1.165) is 16.5 Å². The summed E-state index contributed by atoms with van der Waals surface area (Å²) < 4.78 is 5.08. The monoisotopic (exact) mass is 254 g/mol.